The van der Waals surface area contributed by atoms with Gasteiger partial charge in [0, 0.05) is 26.2 Å². The second-order valence-electron chi connectivity index (χ2n) is 5.43. The Bertz CT molecular complexity index is 595. The maximum Gasteiger partial charge on any atom is 0.134 e. The lowest BCUT2D eigenvalue weighted by Crippen LogP contribution is -2.19. The molecule has 0 bridgehead atoms. The number of benzene rings is 1. The molecule has 0 aliphatic heterocycles. The summed E-state index contributed by atoms with van der Waals surface area (Å²) in [6, 6.07) is 10.6. The van der Waals surface area contributed by atoms with Crippen molar-refractivity contribution in [3.8, 4) is 0 Å². The minimum absolute atomic E-state index is 0.794. The molecular weight excluding hydrogens is 260 g/mol. The van der Waals surface area contributed by atoms with Crippen LogP contribution in [0, 0.1) is 13.8 Å². The Balaban J connectivity index is 2.14. The molecule has 0 spiro atoms. The van der Waals surface area contributed by atoms with Gasteiger partial charge in [-0.2, -0.15) is 0 Å². The second kappa shape index (κ2) is 7.07. The lowest BCUT2D eigenvalue weighted by molar-refractivity contribution is 0.875. The zero-order valence-electron chi connectivity index (χ0n) is 13.3. The van der Waals surface area contributed by atoms with E-state index in [1.807, 2.05) is 13.0 Å². The van der Waals surface area contributed by atoms with Crippen molar-refractivity contribution in [1.82, 2.24) is 9.97 Å². The Kier molecular flexibility index (Phi) is 5.14. The molecule has 0 aliphatic rings. The van der Waals surface area contributed by atoms with E-state index in [-0.39, 0.29) is 0 Å². The number of anilines is 2. The number of rotatable bonds is 6. The van der Waals surface area contributed by atoms with Crippen LogP contribution in [0.15, 0.2) is 30.3 Å². The molecule has 0 saturated carbocycles. The van der Waals surface area contributed by atoms with Crippen LogP contribution in [0.1, 0.15) is 30.3 Å². The lowest BCUT2D eigenvalue weighted by atomic mass is 10.1. The number of hydrogen-bond acceptors (Lipinski definition) is 4. The molecule has 0 aliphatic carbocycles. The molecule has 4 nitrogen and oxygen atoms in total. The van der Waals surface area contributed by atoms with E-state index in [2.05, 4.69) is 65.3 Å². The Morgan fingerprint density at radius 2 is 1.95 bits per heavy atom. The van der Waals surface area contributed by atoms with Gasteiger partial charge in [-0.1, -0.05) is 36.8 Å². The van der Waals surface area contributed by atoms with Crippen molar-refractivity contribution in [3.63, 3.8) is 0 Å². The minimum atomic E-state index is 0.794. The highest BCUT2D eigenvalue weighted by Gasteiger charge is 2.07. The van der Waals surface area contributed by atoms with Crippen LogP contribution in [0.25, 0.3) is 0 Å². The molecular formula is C17H24N4. The summed E-state index contributed by atoms with van der Waals surface area (Å²) < 4.78 is 0. The van der Waals surface area contributed by atoms with Crippen molar-refractivity contribution in [3.05, 3.63) is 47.3 Å². The highest BCUT2D eigenvalue weighted by atomic mass is 15.2. The summed E-state index contributed by atoms with van der Waals surface area (Å²) in [5.74, 6) is 2.64. The summed E-state index contributed by atoms with van der Waals surface area (Å²) in [6.07, 6.45) is 1.08. The predicted molar refractivity (Wildman–Crippen MR) is 88.8 cm³/mol. The fraction of sp³-hybridized carbons (Fsp3) is 0.412. The third-order valence-corrected chi connectivity index (χ3v) is 3.27. The number of aryl methyl sites for hydroxylation is 2. The summed E-state index contributed by atoms with van der Waals surface area (Å²) in [6.45, 7) is 7.96. The monoisotopic (exact) mass is 284 g/mol. The fourth-order valence-corrected chi connectivity index (χ4v) is 2.26. The first-order valence-electron chi connectivity index (χ1n) is 7.44. The van der Waals surface area contributed by atoms with E-state index < -0.39 is 0 Å². The van der Waals surface area contributed by atoms with Crippen molar-refractivity contribution in [2.45, 2.75) is 33.7 Å². The third-order valence-electron chi connectivity index (χ3n) is 3.27. The summed E-state index contributed by atoms with van der Waals surface area (Å²) in [5, 5.41) is 3.33. The Hall–Kier alpha value is -2.10. The van der Waals surface area contributed by atoms with Crippen molar-refractivity contribution in [2.75, 3.05) is 23.8 Å². The van der Waals surface area contributed by atoms with Gasteiger partial charge in [0.2, 0.25) is 0 Å². The number of nitrogens with zero attached hydrogens (tertiary/aromatic N) is 3. The molecule has 2 rings (SSSR count). The smallest absolute Gasteiger partial charge is 0.134 e. The standard InChI is InChI=1S/C17H24N4/c1-5-9-18-16-11-17(20-14(3)19-16)21(4)12-15-8-6-7-13(2)10-15/h6-8,10-11H,5,9,12H2,1-4H3,(H,18,19,20). The largest absolute Gasteiger partial charge is 0.370 e. The van der Waals surface area contributed by atoms with Gasteiger partial charge in [-0.25, -0.2) is 9.97 Å². The molecule has 0 radical (unpaired) electrons. The van der Waals surface area contributed by atoms with Gasteiger partial charge < -0.3 is 10.2 Å². The first-order chi connectivity index (χ1) is 10.1. The van der Waals surface area contributed by atoms with Gasteiger partial charge in [-0.3, -0.25) is 0 Å². The Labute approximate surface area is 127 Å². The van der Waals surface area contributed by atoms with Crippen LogP contribution in [-0.4, -0.2) is 23.6 Å². The molecule has 2 aromatic rings. The van der Waals surface area contributed by atoms with Crippen molar-refractivity contribution < 1.29 is 0 Å². The minimum Gasteiger partial charge on any atom is -0.370 e. The molecule has 0 unspecified atom stereocenters. The highest BCUT2D eigenvalue weighted by molar-refractivity contribution is 5.49. The molecule has 1 aromatic heterocycles. The van der Waals surface area contributed by atoms with Crippen LogP contribution in [0.4, 0.5) is 11.6 Å². The Morgan fingerprint density at radius 3 is 2.67 bits per heavy atom. The first-order valence-corrected chi connectivity index (χ1v) is 7.44. The molecule has 0 amide bonds. The van der Waals surface area contributed by atoms with E-state index in [1.54, 1.807) is 0 Å². The van der Waals surface area contributed by atoms with Gasteiger partial charge in [0.15, 0.2) is 0 Å². The average Bonchev–Trinajstić information content (AvgIpc) is 2.44. The normalized spacial score (nSPS) is 10.5. The van der Waals surface area contributed by atoms with Gasteiger partial charge in [-0.05, 0) is 25.8 Å². The molecule has 0 saturated heterocycles. The maximum absolute atomic E-state index is 4.54. The summed E-state index contributed by atoms with van der Waals surface area (Å²) in [5.41, 5.74) is 2.57. The van der Waals surface area contributed by atoms with E-state index in [1.165, 1.54) is 11.1 Å². The molecule has 112 valence electrons. The van der Waals surface area contributed by atoms with Gasteiger partial charge in [0.25, 0.3) is 0 Å². The second-order valence-corrected chi connectivity index (χ2v) is 5.43. The van der Waals surface area contributed by atoms with Crippen LogP contribution in [0.3, 0.4) is 0 Å². The Morgan fingerprint density at radius 1 is 1.14 bits per heavy atom. The molecule has 1 N–H and O–H groups in total. The van der Waals surface area contributed by atoms with Gasteiger partial charge >= 0.3 is 0 Å². The summed E-state index contributed by atoms with van der Waals surface area (Å²) in [7, 11) is 2.06. The van der Waals surface area contributed by atoms with Crippen molar-refractivity contribution >= 4 is 11.6 Å². The molecule has 0 fully saturated rings. The van der Waals surface area contributed by atoms with Crippen LogP contribution in [0.5, 0.6) is 0 Å². The fourth-order valence-electron chi connectivity index (χ4n) is 2.26. The lowest BCUT2D eigenvalue weighted by Gasteiger charge is -2.19. The van der Waals surface area contributed by atoms with Crippen LogP contribution in [-0.2, 0) is 6.54 Å². The van der Waals surface area contributed by atoms with E-state index >= 15 is 0 Å². The van der Waals surface area contributed by atoms with Crippen LogP contribution >= 0.6 is 0 Å². The van der Waals surface area contributed by atoms with Crippen molar-refractivity contribution in [1.29, 1.82) is 0 Å². The number of hydrogen-bond donors (Lipinski definition) is 1. The summed E-state index contributed by atoms with van der Waals surface area (Å²) in [4.78, 5) is 11.1. The van der Waals surface area contributed by atoms with Gasteiger partial charge in [0.1, 0.15) is 17.5 Å². The van der Waals surface area contributed by atoms with Crippen LogP contribution in [0.2, 0.25) is 0 Å². The molecule has 21 heavy (non-hydrogen) atoms. The van der Waals surface area contributed by atoms with Gasteiger partial charge in [-0.15, -0.1) is 0 Å². The predicted octanol–water partition coefficient (Wildman–Crippen LogP) is 3.55. The third kappa shape index (κ3) is 4.45. The van der Waals surface area contributed by atoms with E-state index in [4.69, 9.17) is 0 Å². The molecule has 4 heteroatoms. The first kappa shape index (κ1) is 15.3. The van der Waals surface area contributed by atoms with E-state index in [0.717, 1.165) is 37.0 Å². The van der Waals surface area contributed by atoms with Gasteiger partial charge in [0.05, 0.1) is 0 Å². The summed E-state index contributed by atoms with van der Waals surface area (Å²) >= 11 is 0. The number of nitrogens with one attached hydrogen (secondary N) is 1. The van der Waals surface area contributed by atoms with Crippen LogP contribution < -0.4 is 10.2 Å². The molecule has 1 heterocycles. The zero-order chi connectivity index (χ0) is 15.2. The number of aromatic nitrogens is 2. The average molecular weight is 284 g/mol. The SMILES string of the molecule is CCCNc1cc(N(C)Cc2cccc(C)c2)nc(C)n1. The van der Waals surface area contributed by atoms with Crippen molar-refractivity contribution in [2.24, 2.45) is 0 Å². The molecule has 1 aromatic carbocycles. The zero-order valence-corrected chi connectivity index (χ0v) is 13.3. The molecule has 0 atom stereocenters. The van der Waals surface area contributed by atoms with E-state index in [0.29, 0.717) is 0 Å². The highest BCUT2D eigenvalue weighted by Crippen LogP contribution is 2.17. The topological polar surface area (TPSA) is 41.0 Å². The van der Waals surface area contributed by atoms with E-state index in [9.17, 15) is 0 Å². The quantitative estimate of drug-likeness (QED) is 0.880. The maximum atomic E-state index is 4.54.